The highest BCUT2D eigenvalue weighted by Gasteiger charge is 2.23. The lowest BCUT2D eigenvalue weighted by Crippen LogP contribution is -2.28. The number of aryl methyl sites for hydroxylation is 1. The number of hydrogen-bond acceptors (Lipinski definition) is 1. The first kappa shape index (κ1) is 14.6. The number of nitrogens with zero attached hydrogens (tertiary/aromatic N) is 2. The van der Waals surface area contributed by atoms with Gasteiger partial charge in [0, 0.05) is 41.3 Å². The Bertz CT molecular complexity index is 682. The Labute approximate surface area is 138 Å². The summed E-state index contributed by atoms with van der Waals surface area (Å²) in [6, 6.07) is 6.45. The van der Waals surface area contributed by atoms with Gasteiger partial charge in [0.05, 0.1) is 0 Å². The minimum atomic E-state index is 0.863. The predicted octanol–water partition coefficient (Wildman–Crippen LogP) is 4.86. The van der Waals surface area contributed by atoms with Gasteiger partial charge in [0.1, 0.15) is 0 Å². The summed E-state index contributed by atoms with van der Waals surface area (Å²) in [5, 5.41) is 2.25. The molecule has 22 heavy (non-hydrogen) atoms. The van der Waals surface area contributed by atoms with Crippen LogP contribution in [-0.2, 0) is 19.5 Å². The molecule has 2 heterocycles. The largest absolute Gasteiger partial charge is 0.343 e. The van der Waals surface area contributed by atoms with Crippen LogP contribution in [0.1, 0.15) is 43.4 Å². The lowest BCUT2D eigenvalue weighted by atomic mass is 10.0. The van der Waals surface area contributed by atoms with Gasteiger partial charge in [-0.1, -0.05) is 37.3 Å². The quantitative estimate of drug-likeness (QED) is 0.785. The Morgan fingerprint density at radius 1 is 1.23 bits per heavy atom. The summed E-state index contributed by atoms with van der Waals surface area (Å²) in [4.78, 5) is 2.44. The molecule has 1 aromatic heterocycles. The van der Waals surface area contributed by atoms with Gasteiger partial charge in [-0.3, -0.25) is 0 Å². The fourth-order valence-electron chi connectivity index (χ4n) is 4.41. The zero-order valence-corrected chi connectivity index (χ0v) is 14.2. The van der Waals surface area contributed by atoms with Gasteiger partial charge in [0.2, 0.25) is 0 Å². The number of hydrogen-bond donors (Lipinski definition) is 0. The van der Waals surface area contributed by atoms with Crippen molar-refractivity contribution >= 4 is 22.5 Å². The maximum Gasteiger partial charge on any atom is 0.0486 e. The van der Waals surface area contributed by atoms with E-state index in [1.165, 1.54) is 55.2 Å². The minimum Gasteiger partial charge on any atom is -0.343 e. The van der Waals surface area contributed by atoms with Gasteiger partial charge in [-0.25, -0.2) is 0 Å². The van der Waals surface area contributed by atoms with E-state index in [-0.39, 0.29) is 0 Å². The molecular formula is C19H25ClN2. The number of benzene rings is 1. The molecule has 2 aliphatic rings. The number of likely N-dealkylation sites (N-methyl/N-ethyl adjacent to an activating group) is 1. The van der Waals surface area contributed by atoms with E-state index in [1.54, 1.807) is 5.56 Å². The fourth-order valence-corrected chi connectivity index (χ4v) is 4.58. The number of halogens is 1. The van der Waals surface area contributed by atoms with Crippen molar-refractivity contribution in [1.29, 1.82) is 0 Å². The molecule has 0 spiro atoms. The summed E-state index contributed by atoms with van der Waals surface area (Å²) < 4.78 is 2.59. The summed E-state index contributed by atoms with van der Waals surface area (Å²) in [6.07, 6.45) is 8.24. The highest BCUT2D eigenvalue weighted by atomic mass is 35.5. The molecule has 0 N–H and O–H groups in total. The van der Waals surface area contributed by atoms with Crippen molar-refractivity contribution in [3.05, 3.63) is 34.5 Å². The molecule has 1 aliphatic heterocycles. The molecule has 0 bridgehead atoms. The molecule has 118 valence electrons. The monoisotopic (exact) mass is 316 g/mol. The Morgan fingerprint density at radius 3 is 2.86 bits per heavy atom. The smallest absolute Gasteiger partial charge is 0.0486 e. The first-order valence-corrected chi connectivity index (χ1v) is 9.08. The second kappa shape index (κ2) is 5.90. The molecule has 1 fully saturated rings. The zero-order chi connectivity index (χ0) is 15.1. The van der Waals surface area contributed by atoms with Gasteiger partial charge < -0.3 is 9.47 Å². The third-order valence-corrected chi connectivity index (χ3v) is 5.88. The van der Waals surface area contributed by atoms with Crippen LogP contribution in [0, 0.1) is 5.92 Å². The molecule has 3 heteroatoms. The Morgan fingerprint density at radius 2 is 2.05 bits per heavy atom. The van der Waals surface area contributed by atoms with E-state index in [2.05, 4.69) is 28.6 Å². The van der Waals surface area contributed by atoms with Crippen LogP contribution in [-0.4, -0.2) is 23.1 Å². The standard InChI is InChI=1S/C19H25ClN2/c1-21-10-9-16-17-12-15(20)6-7-18(17)22(19(16)13-21)11-8-14-4-2-3-5-14/h6-7,12,14H,2-5,8-11,13H2,1H3. The van der Waals surface area contributed by atoms with E-state index in [1.807, 2.05) is 6.07 Å². The minimum absolute atomic E-state index is 0.863. The van der Waals surface area contributed by atoms with E-state index in [0.717, 1.165) is 30.5 Å². The van der Waals surface area contributed by atoms with E-state index in [0.29, 0.717) is 0 Å². The van der Waals surface area contributed by atoms with Gasteiger partial charge in [-0.15, -0.1) is 0 Å². The van der Waals surface area contributed by atoms with Crippen molar-refractivity contribution < 1.29 is 0 Å². The van der Waals surface area contributed by atoms with Gasteiger partial charge in [0.15, 0.2) is 0 Å². The Hall–Kier alpha value is -0.990. The SMILES string of the molecule is CN1CCc2c(n(CCC3CCCC3)c3ccc(Cl)cc23)C1. The summed E-state index contributed by atoms with van der Waals surface area (Å²) in [5.74, 6) is 0.946. The van der Waals surface area contributed by atoms with Crippen LogP contribution in [0.15, 0.2) is 18.2 Å². The highest BCUT2D eigenvalue weighted by molar-refractivity contribution is 6.31. The maximum atomic E-state index is 6.26. The Kier molecular flexibility index (Phi) is 3.91. The van der Waals surface area contributed by atoms with E-state index in [4.69, 9.17) is 11.6 Å². The first-order chi connectivity index (χ1) is 10.7. The predicted molar refractivity (Wildman–Crippen MR) is 93.6 cm³/mol. The molecule has 1 aliphatic carbocycles. The van der Waals surface area contributed by atoms with Gasteiger partial charge in [-0.2, -0.15) is 0 Å². The molecule has 2 aromatic rings. The van der Waals surface area contributed by atoms with Crippen LogP contribution >= 0.6 is 11.6 Å². The van der Waals surface area contributed by atoms with Crippen molar-refractivity contribution in [3.8, 4) is 0 Å². The Balaban J connectivity index is 1.73. The van der Waals surface area contributed by atoms with Crippen LogP contribution in [0.4, 0.5) is 0 Å². The lowest BCUT2D eigenvalue weighted by Gasteiger charge is -2.25. The van der Waals surface area contributed by atoms with Crippen LogP contribution in [0.5, 0.6) is 0 Å². The van der Waals surface area contributed by atoms with Crippen molar-refractivity contribution in [2.24, 2.45) is 5.92 Å². The number of aromatic nitrogens is 1. The third kappa shape index (κ3) is 2.57. The molecule has 2 nitrogen and oxygen atoms in total. The summed E-state index contributed by atoms with van der Waals surface area (Å²) in [7, 11) is 2.23. The molecule has 0 amide bonds. The van der Waals surface area contributed by atoms with Crippen LogP contribution in [0.2, 0.25) is 5.02 Å². The summed E-state index contributed by atoms with van der Waals surface area (Å²) in [6.45, 7) is 3.40. The number of rotatable bonds is 3. The lowest BCUT2D eigenvalue weighted by molar-refractivity contribution is 0.301. The first-order valence-electron chi connectivity index (χ1n) is 8.70. The molecule has 0 unspecified atom stereocenters. The average molecular weight is 317 g/mol. The summed E-state index contributed by atoms with van der Waals surface area (Å²) in [5.41, 5.74) is 4.47. The van der Waals surface area contributed by atoms with Gasteiger partial charge >= 0.3 is 0 Å². The maximum absolute atomic E-state index is 6.26. The third-order valence-electron chi connectivity index (χ3n) is 5.65. The second-order valence-corrected chi connectivity index (χ2v) is 7.60. The van der Waals surface area contributed by atoms with Crippen LogP contribution < -0.4 is 0 Å². The van der Waals surface area contributed by atoms with Crippen molar-refractivity contribution in [2.75, 3.05) is 13.6 Å². The average Bonchev–Trinajstić information content (AvgIpc) is 3.11. The van der Waals surface area contributed by atoms with Crippen molar-refractivity contribution in [2.45, 2.75) is 51.6 Å². The molecule has 0 radical (unpaired) electrons. The molecular weight excluding hydrogens is 292 g/mol. The molecule has 4 rings (SSSR count). The zero-order valence-electron chi connectivity index (χ0n) is 13.4. The van der Waals surface area contributed by atoms with Crippen LogP contribution in [0.25, 0.3) is 10.9 Å². The molecule has 0 atom stereocenters. The van der Waals surface area contributed by atoms with Crippen LogP contribution in [0.3, 0.4) is 0 Å². The van der Waals surface area contributed by atoms with Gasteiger partial charge in [-0.05, 0) is 49.6 Å². The fraction of sp³-hybridized carbons (Fsp3) is 0.579. The van der Waals surface area contributed by atoms with Crippen molar-refractivity contribution in [1.82, 2.24) is 9.47 Å². The number of fused-ring (bicyclic) bond motifs is 3. The van der Waals surface area contributed by atoms with E-state index < -0.39 is 0 Å². The van der Waals surface area contributed by atoms with E-state index in [9.17, 15) is 0 Å². The highest BCUT2D eigenvalue weighted by Crippen LogP contribution is 2.34. The second-order valence-electron chi connectivity index (χ2n) is 7.17. The molecule has 1 aromatic carbocycles. The van der Waals surface area contributed by atoms with E-state index >= 15 is 0 Å². The topological polar surface area (TPSA) is 8.17 Å². The molecule has 0 saturated heterocycles. The molecule has 1 saturated carbocycles. The normalized spacial score (nSPS) is 19.9. The van der Waals surface area contributed by atoms with Crippen molar-refractivity contribution in [3.63, 3.8) is 0 Å². The van der Waals surface area contributed by atoms with Gasteiger partial charge in [0.25, 0.3) is 0 Å². The summed E-state index contributed by atoms with van der Waals surface area (Å²) >= 11 is 6.26.